The van der Waals surface area contributed by atoms with E-state index in [4.69, 9.17) is 12.2 Å². The van der Waals surface area contributed by atoms with Gasteiger partial charge in [0.1, 0.15) is 0 Å². The van der Waals surface area contributed by atoms with E-state index in [0.717, 1.165) is 0 Å². The first-order valence-corrected chi connectivity index (χ1v) is 3.81. The smallest absolute Gasteiger partial charge is 0.236 e. The second kappa shape index (κ2) is 4.17. The summed E-state index contributed by atoms with van der Waals surface area (Å²) < 4.78 is 0. The Morgan fingerprint density at radius 3 is 3.00 bits per heavy atom. The number of anilines is 2. The van der Waals surface area contributed by atoms with Crippen LogP contribution in [0.5, 0.6) is 0 Å². The Kier molecular flexibility index (Phi) is 2.93. The van der Waals surface area contributed by atoms with Crippen molar-refractivity contribution in [3.8, 4) is 12.3 Å². The Morgan fingerprint density at radius 1 is 1.62 bits per heavy atom. The maximum Gasteiger partial charge on any atom is 0.236 e. The summed E-state index contributed by atoms with van der Waals surface area (Å²) in [7, 11) is 0. The second-order valence-electron chi connectivity index (χ2n) is 2.55. The molecular weight excluding hydrogens is 164 g/mol. The minimum atomic E-state index is -0.201. The van der Waals surface area contributed by atoms with Gasteiger partial charge in [0.2, 0.25) is 5.91 Å². The molecule has 0 aromatic heterocycles. The molecule has 0 aliphatic heterocycles. The summed E-state index contributed by atoms with van der Waals surface area (Å²) >= 11 is 0. The molecular formula is C10H10N2O. The molecule has 1 aromatic carbocycles. The van der Waals surface area contributed by atoms with Gasteiger partial charge in [0.15, 0.2) is 0 Å². The SMILES string of the molecule is C#CCC(=O)Nc1cccc(N)c1. The molecule has 1 rings (SSSR count). The molecule has 1 amide bonds. The van der Waals surface area contributed by atoms with E-state index in [1.807, 2.05) is 0 Å². The highest BCUT2D eigenvalue weighted by atomic mass is 16.1. The van der Waals surface area contributed by atoms with Gasteiger partial charge in [-0.2, -0.15) is 0 Å². The zero-order valence-electron chi connectivity index (χ0n) is 7.08. The van der Waals surface area contributed by atoms with Crippen molar-refractivity contribution in [3.05, 3.63) is 24.3 Å². The molecule has 0 saturated carbocycles. The fourth-order valence-electron chi connectivity index (χ4n) is 0.914. The van der Waals surface area contributed by atoms with Crippen LogP contribution in [-0.4, -0.2) is 5.91 Å². The van der Waals surface area contributed by atoms with E-state index in [0.29, 0.717) is 11.4 Å². The van der Waals surface area contributed by atoms with Crippen molar-refractivity contribution < 1.29 is 4.79 Å². The normalized spacial score (nSPS) is 8.85. The Balaban J connectivity index is 2.65. The van der Waals surface area contributed by atoms with Gasteiger partial charge >= 0.3 is 0 Å². The first-order chi connectivity index (χ1) is 6.22. The van der Waals surface area contributed by atoms with Crippen LogP contribution in [0.3, 0.4) is 0 Å². The molecule has 0 atom stereocenters. The number of benzene rings is 1. The van der Waals surface area contributed by atoms with Crippen molar-refractivity contribution >= 4 is 17.3 Å². The van der Waals surface area contributed by atoms with Crippen LogP contribution in [0.4, 0.5) is 11.4 Å². The highest BCUT2D eigenvalue weighted by Gasteiger charge is 1.98. The van der Waals surface area contributed by atoms with Crippen molar-refractivity contribution in [2.75, 3.05) is 11.1 Å². The van der Waals surface area contributed by atoms with E-state index in [-0.39, 0.29) is 12.3 Å². The van der Waals surface area contributed by atoms with Crippen LogP contribution in [0.1, 0.15) is 6.42 Å². The third-order valence-corrected chi connectivity index (χ3v) is 1.43. The van der Waals surface area contributed by atoms with E-state index >= 15 is 0 Å². The first kappa shape index (κ1) is 9.14. The fraction of sp³-hybridized carbons (Fsp3) is 0.100. The van der Waals surface area contributed by atoms with Gasteiger partial charge in [0.25, 0.3) is 0 Å². The maximum atomic E-state index is 11.0. The Morgan fingerprint density at radius 2 is 2.38 bits per heavy atom. The Bertz CT molecular complexity index is 352. The van der Waals surface area contributed by atoms with E-state index in [9.17, 15) is 4.79 Å². The summed E-state index contributed by atoms with van der Waals surface area (Å²) in [6, 6.07) is 6.94. The standard InChI is InChI=1S/C10H10N2O/c1-2-4-10(13)12-9-6-3-5-8(11)7-9/h1,3,5-7H,4,11H2,(H,12,13). The topological polar surface area (TPSA) is 55.1 Å². The number of nitrogens with one attached hydrogen (secondary N) is 1. The predicted octanol–water partition coefficient (Wildman–Crippen LogP) is 1.23. The number of nitrogens with two attached hydrogens (primary N) is 1. The van der Waals surface area contributed by atoms with Crippen LogP contribution in [0.2, 0.25) is 0 Å². The molecule has 0 saturated heterocycles. The van der Waals surface area contributed by atoms with Gasteiger partial charge in [-0.3, -0.25) is 4.79 Å². The summed E-state index contributed by atoms with van der Waals surface area (Å²) in [5, 5.41) is 2.62. The number of nitrogen functional groups attached to an aromatic ring is 1. The molecule has 0 unspecified atom stereocenters. The number of rotatable bonds is 2. The molecule has 0 radical (unpaired) electrons. The third kappa shape index (κ3) is 2.88. The number of hydrogen-bond donors (Lipinski definition) is 2. The molecule has 0 aliphatic carbocycles. The molecule has 0 aliphatic rings. The summed E-state index contributed by atoms with van der Waals surface area (Å²) in [6.07, 6.45) is 5.06. The third-order valence-electron chi connectivity index (χ3n) is 1.43. The second-order valence-corrected chi connectivity index (χ2v) is 2.55. The van der Waals surface area contributed by atoms with Crippen LogP contribution in [0.25, 0.3) is 0 Å². The molecule has 1 aromatic rings. The zero-order valence-corrected chi connectivity index (χ0v) is 7.08. The highest BCUT2D eigenvalue weighted by Crippen LogP contribution is 2.11. The summed E-state index contributed by atoms with van der Waals surface area (Å²) in [6.45, 7) is 0. The number of terminal acetylenes is 1. The monoisotopic (exact) mass is 174 g/mol. The number of carbonyl (C=O) groups is 1. The van der Waals surface area contributed by atoms with Gasteiger partial charge in [0, 0.05) is 11.4 Å². The lowest BCUT2D eigenvalue weighted by Crippen LogP contribution is -2.10. The average molecular weight is 174 g/mol. The molecule has 0 bridgehead atoms. The van der Waals surface area contributed by atoms with Crippen LogP contribution < -0.4 is 11.1 Å². The van der Waals surface area contributed by atoms with E-state index in [1.54, 1.807) is 24.3 Å². The van der Waals surface area contributed by atoms with Gasteiger partial charge in [-0.1, -0.05) is 12.0 Å². The van der Waals surface area contributed by atoms with Crippen LogP contribution in [0.15, 0.2) is 24.3 Å². The number of hydrogen-bond acceptors (Lipinski definition) is 2. The molecule has 0 spiro atoms. The van der Waals surface area contributed by atoms with Gasteiger partial charge in [-0.25, -0.2) is 0 Å². The summed E-state index contributed by atoms with van der Waals surface area (Å²) in [4.78, 5) is 11.0. The van der Waals surface area contributed by atoms with E-state index in [1.165, 1.54) is 0 Å². The molecule has 3 heteroatoms. The number of carbonyl (C=O) groups excluding carboxylic acids is 1. The lowest BCUT2D eigenvalue weighted by atomic mass is 10.3. The van der Waals surface area contributed by atoms with Crippen LogP contribution in [0, 0.1) is 12.3 Å². The average Bonchev–Trinajstić information content (AvgIpc) is 2.04. The minimum Gasteiger partial charge on any atom is -0.399 e. The van der Waals surface area contributed by atoms with Crippen LogP contribution >= 0.6 is 0 Å². The first-order valence-electron chi connectivity index (χ1n) is 3.81. The predicted molar refractivity (Wildman–Crippen MR) is 52.9 cm³/mol. The van der Waals surface area contributed by atoms with Crippen molar-refractivity contribution in [1.82, 2.24) is 0 Å². The summed E-state index contributed by atoms with van der Waals surface area (Å²) in [5.74, 6) is 2.06. The summed E-state index contributed by atoms with van der Waals surface area (Å²) in [5.41, 5.74) is 6.79. The lowest BCUT2D eigenvalue weighted by Gasteiger charge is -2.02. The van der Waals surface area contributed by atoms with Crippen molar-refractivity contribution in [3.63, 3.8) is 0 Å². The molecule has 13 heavy (non-hydrogen) atoms. The molecule has 66 valence electrons. The molecule has 0 fully saturated rings. The van der Waals surface area contributed by atoms with Crippen molar-refractivity contribution in [1.29, 1.82) is 0 Å². The van der Waals surface area contributed by atoms with Gasteiger partial charge in [-0.05, 0) is 18.2 Å². The van der Waals surface area contributed by atoms with Gasteiger partial charge < -0.3 is 11.1 Å². The highest BCUT2D eigenvalue weighted by molar-refractivity contribution is 5.92. The van der Waals surface area contributed by atoms with E-state index < -0.39 is 0 Å². The van der Waals surface area contributed by atoms with Crippen molar-refractivity contribution in [2.24, 2.45) is 0 Å². The molecule has 3 N–H and O–H groups in total. The zero-order chi connectivity index (χ0) is 9.68. The Hall–Kier alpha value is -1.95. The molecule has 3 nitrogen and oxygen atoms in total. The fourth-order valence-corrected chi connectivity index (χ4v) is 0.914. The quantitative estimate of drug-likeness (QED) is 0.523. The number of amides is 1. The van der Waals surface area contributed by atoms with Gasteiger partial charge in [0.05, 0.1) is 6.42 Å². The Labute approximate surface area is 76.9 Å². The van der Waals surface area contributed by atoms with E-state index in [2.05, 4.69) is 11.2 Å². The molecule has 0 heterocycles. The largest absolute Gasteiger partial charge is 0.399 e. The minimum absolute atomic E-state index is 0.0782. The lowest BCUT2D eigenvalue weighted by molar-refractivity contribution is -0.115. The van der Waals surface area contributed by atoms with Gasteiger partial charge in [-0.15, -0.1) is 6.42 Å². The maximum absolute atomic E-state index is 11.0. The van der Waals surface area contributed by atoms with Crippen molar-refractivity contribution in [2.45, 2.75) is 6.42 Å². The van der Waals surface area contributed by atoms with Crippen LogP contribution in [-0.2, 0) is 4.79 Å².